The predicted octanol–water partition coefficient (Wildman–Crippen LogP) is 4.86. The van der Waals surface area contributed by atoms with Gasteiger partial charge in [0.05, 0.1) is 12.0 Å². The molecule has 1 aromatic carbocycles. The molecule has 1 aliphatic carbocycles. The molecule has 0 aliphatic heterocycles. The molecule has 0 spiro atoms. The Balaban J connectivity index is 1.35. The van der Waals surface area contributed by atoms with Crippen molar-refractivity contribution < 1.29 is 4.74 Å². The molecule has 0 unspecified atom stereocenters. The minimum Gasteiger partial charge on any atom is -0.376 e. The number of rotatable bonds is 5. The Morgan fingerprint density at radius 2 is 2.00 bits per heavy atom. The predicted molar refractivity (Wildman–Crippen MR) is 103 cm³/mol. The molecular weight excluding hydrogens is 437 g/mol. The van der Waals surface area contributed by atoms with Gasteiger partial charge in [0, 0.05) is 22.4 Å². The molecular formula is C18H17ClIN3O. The van der Waals surface area contributed by atoms with E-state index in [1.54, 1.807) is 0 Å². The maximum atomic E-state index is 6.21. The molecule has 0 amide bonds. The van der Waals surface area contributed by atoms with Crippen molar-refractivity contribution in [2.75, 3.05) is 6.61 Å². The van der Waals surface area contributed by atoms with Crippen LogP contribution in [0.25, 0.3) is 11.0 Å². The van der Waals surface area contributed by atoms with Gasteiger partial charge in [0.2, 0.25) is 0 Å². The fourth-order valence-electron chi connectivity index (χ4n) is 3.26. The molecule has 124 valence electrons. The Bertz CT molecular complexity index is 846. The van der Waals surface area contributed by atoms with Crippen molar-refractivity contribution in [2.45, 2.75) is 25.5 Å². The van der Waals surface area contributed by atoms with Crippen LogP contribution in [0, 0.1) is 9.49 Å². The average molecular weight is 454 g/mol. The molecule has 24 heavy (non-hydrogen) atoms. The average Bonchev–Trinajstić information content (AvgIpc) is 2.88. The van der Waals surface area contributed by atoms with Gasteiger partial charge in [-0.05, 0) is 46.9 Å². The molecule has 0 saturated heterocycles. The maximum Gasteiger partial charge on any atom is 0.146 e. The molecule has 1 saturated carbocycles. The second-order valence-electron chi connectivity index (χ2n) is 6.24. The number of aromatic nitrogens is 3. The zero-order valence-corrected chi connectivity index (χ0v) is 15.9. The first-order valence-corrected chi connectivity index (χ1v) is 9.46. The lowest BCUT2D eigenvalue weighted by Crippen LogP contribution is -2.29. The molecule has 0 atom stereocenters. The fraction of sp³-hybridized carbons (Fsp3) is 0.333. The molecule has 2 aromatic heterocycles. The van der Waals surface area contributed by atoms with E-state index >= 15 is 0 Å². The Hall–Kier alpha value is -1.18. The summed E-state index contributed by atoms with van der Waals surface area (Å²) in [6, 6.07) is 10.8. The van der Waals surface area contributed by atoms with Crippen molar-refractivity contribution in [1.29, 1.82) is 0 Å². The van der Waals surface area contributed by atoms with Crippen LogP contribution in [0.2, 0.25) is 5.15 Å². The summed E-state index contributed by atoms with van der Waals surface area (Å²) in [5.41, 5.74) is 2.17. The van der Waals surface area contributed by atoms with Crippen molar-refractivity contribution in [3.8, 4) is 0 Å². The normalized spacial score (nSPS) is 20.2. The standard InChI is InChI=1S/C18H17ClIN3O/c19-17-16-15(20)8-23(18(16)22-11-21-17)14-6-13(7-14)10-24-9-12-4-2-1-3-5-12/h1-5,8,11,13-14H,6-7,9-10H2/t13-,14+. The summed E-state index contributed by atoms with van der Waals surface area (Å²) in [7, 11) is 0. The third-order valence-corrected chi connectivity index (χ3v) is 5.69. The monoisotopic (exact) mass is 453 g/mol. The number of ether oxygens (including phenoxy) is 1. The van der Waals surface area contributed by atoms with Gasteiger partial charge in [-0.2, -0.15) is 0 Å². The largest absolute Gasteiger partial charge is 0.376 e. The van der Waals surface area contributed by atoms with Gasteiger partial charge >= 0.3 is 0 Å². The molecule has 0 radical (unpaired) electrons. The number of fused-ring (bicyclic) bond motifs is 1. The highest BCUT2D eigenvalue weighted by molar-refractivity contribution is 14.1. The Morgan fingerprint density at radius 3 is 2.79 bits per heavy atom. The molecule has 0 N–H and O–H groups in total. The minimum atomic E-state index is 0.479. The number of hydrogen-bond donors (Lipinski definition) is 0. The molecule has 1 aliphatic rings. The summed E-state index contributed by atoms with van der Waals surface area (Å²) in [5.74, 6) is 0.617. The highest BCUT2D eigenvalue weighted by Crippen LogP contribution is 2.41. The van der Waals surface area contributed by atoms with Gasteiger partial charge in [0.25, 0.3) is 0 Å². The lowest BCUT2D eigenvalue weighted by molar-refractivity contribution is 0.0386. The van der Waals surface area contributed by atoms with Crippen LogP contribution in [-0.2, 0) is 11.3 Å². The molecule has 6 heteroatoms. The topological polar surface area (TPSA) is 39.9 Å². The third-order valence-electron chi connectivity index (χ3n) is 4.59. The van der Waals surface area contributed by atoms with Gasteiger partial charge in [0.1, 0.15) is 17.1 Å². The van der Waals surface area contributed by atoms with Crippen LogP contribution in [-0.4, -0.2) is 21.1 Å². The van der Waals surface area contributed by atoms with Crippen LogP contribution < -0.4 is 0 Å². The van der Waals surface area contributed by atoms with Crippen LogP contribution in [0.15, 0.2) is 42.9 Å². The lowest BCUT2D eigenvalue weighted by atomic mass is 9.80. The quantitative estimate of drug-likeness (QED) is 0.409. The Kier molecular flexibility index (Phi) is 4.74. The van der Waals surface area contributed by atoms with E-state index in [4.69, 9.17) is 16.3 Å². The van der Waals surface area contributed by atoms with Gasteiger partial charge in [-0.3, -0.25) is 0 Å². The Labute approximate surface area is 159 Å². The second kappa shape index (κ2) is 6.98. The summed E-state index contributed by atoms with van der Waals surface area (Å²) in [5, 5.41) is 1.49. The zero-order chi connectivity index (χ0) is 16.5. The molecule has 1 fully saturated rings. The van der Waals surface area contributed by atoms with Crippen LogP contribution in [0.3, 0.4) is 0 Å². The van der Waals surface area contributed by atoms with Crippen LogP contribution in [0.4, 0.5) is 0 Å². The first kappa shape index (κ1) is 16.3. The maximum absolute atomic E-state index is 6.21. The smallest absolute Gasteiger partial charge is 0.146 e. The zero-order valence-electron chi connectivity index (χ0n) is 13.0. The van der Waals surface area contributed by atoms with E-state index in [0.717, 1.165) is 34.1 Å². The molecule has 4 rings (SSSR count). The van der Waals surface area contributed by atoms with Gasteiger partial charge < -0.3 is 9.30 Å². The lowest BCUT2D eigenvalue weighted by Gasteiger charge is -2.36. The summed E-state index contributed by atoms with van der Waals surface area (Å²) >= 11 is 8.51. The van der Waals surface area contributed by atoms with Gasteiger partial charge in [0.15, 0.2) is 0 Å². The van der Waals surface area contributed by atoms with E-state index in [1.165, 1.54) is 11.9 Å². The van der Waals surface area contributed by atoms with Gasteiger partial charge in [-0.1, -0.05) is 41.9 Å². The molecule has 0 bridgehead atoms. The van der Waals surface area contributed by atoms with Crippen molar-refractivity contribution in [2.24, 2.45) is 5.92 Å². The van der Waals surface area contributed by atoms with Crippen molar-refractivity contribution in [1.82, 2.24) is 14.5 Å². The van der Waals surface area contributed by atoms with Crippen LogP contribution >= 0.6 is 34.2 Å². The van der Waals surface area contributed by atoms with Gasteiger partial charge in [-0.15, -0.1) is 0 Å². The van der Waals surface area contributed by atoms with E-state index in [-0.39, 0.29) is 0 Å². The van der Waals surface area contributed by atoms with Crippen molar-refractivity contribution in [3.05, 3.63) is 57.1 Å². The fourth-order valence-corrected chi connectivity index (χ4v) is 4.45. The summed E-state index contributed by atoms with van der Waals surface area (Å²) < 4.78 is 9.22. The van der Waals surface area contributed by atoms with E-state index in [9.17, 15) is 0 Å². The summed E-state index contributed by atoms with van der Waals surface area (Å²) in [6.45, 7) is 1.51. The third kappa shape index (κ3) is 3.17. The van der Waals surface area contributed by atoms with E-state index in [2.05, 4.69) is 55.5 Å². The van der Waals surface area contributed by atoms with Crippen molar-refractivity contribution in [3.63, 3.8) is 0 Å². The highest BCUT2D eigenvalue weighted by atomic mass is 127. The molecule has 3 aromatic rings. The first-order valence-electron chi connectivity index (χ1n) is 8.00. The van der Waals surface area contributed by atoms with E-state index < -0.39 is 0 Å². The van der Waals surface area contributed by atoms with E-state index in [0.29, 0.717) is 23.7 Å². The minimum absolute atomic E-state index is 0.479. The molecule has 2 heterocycles. The summed E-state index contributed by atoms with van der Waals surface area (Å²) in [4.78, 5) is 8.51. The number of benzene rings is 1. The Morgan fingerprint density at radius 1 is 1.21 bits per heavy atom. The molecule has 4 nitrogen and oxygen atoms in total. The highest BCUT2D eigenvalue weighted by Gasteiger charge is 2.32. The SMILES string of the molecule is Clc1ncnc2c1c(I)cn2[C@H]1C[C@@H](COCc2ccccc2)C1. The van der Waals surface area contributed by atoms with Crippen LogP contribution in [0.1, 0.15) is 24.4 Å². The van der Waals surface area contributed by atoms with Crippen LogP contribution in [0.5, 0.6) is 0 Å². The number of hydrogen-bond acceptors (Lipinski definition) is 3. The summed E-state index contributed by atoms with van der Waals surface area (Å²) in [6.07, 6.45) is 5.92. The van der Waals surface area contributed by atoms with Gasteiger partial charge in [-0.25, -0.2) is 9.97 Å². The van der Waals surface area contributed by atoms with Crippen molar-refractivity contribution >= 4 is 45.2 Å². The number of halogens is 2. The van der Waals surface area contributed by atoms with E-state index in [1.807, 2.05) is 18.2 Å². The first-order chi connectivity index (χ1) is 11.7. The second-order valence-corrected chi connectivity index (χ2v) is 7.76. The number of nitrogens with zero attached hydrogens (tertiary/aromatic N) is 3.